The van der Waals surface area contributed by atoms with Gasteiger partial charge in [-0.1, -0.05) is 0 Å². The Kier molecular flexibility index (Phi) is 6.03. The molecule has 4 aromatic heterocycles. The molecule has 2 aliphatic carbocycles. The Hall–Kier alpha value is -4.32. The second kappa shape index (κ2) is 9.53. The van der Waals surface area contributed by atoms with E-state index in [0.717, 1.165) is 60.4 Å². The lowest BCUT2D eigenvalue weighted by atomic mass is 10.1. The van der Waals surface area contributed by atoms with E-state index in [1.165, 1.54) is 12.8 Å². The molecular weight excluding hydrogens is 488 g/mol. The largest absolute Gasteiger partial charge is 0.483 e. The number of amides is 1. The van der Waals surface area contributed by atoms with Gasteiger partial charge < -0.3 is 25.4 Å². The van der Waals surface area contributed by atoms with E-state index in [-0.39, 0.29) is 18.3 Å². The summed E-state index contributed by atoms with van der Waals surface area (Å²) < 4.78 is 7.28. The lowest BCUT2D eigenvalue weighted by Gasteiger charge is -2.28. The van der Waals surface area contributed by atoms with Crippen molar-refractivity contribution in [1.29, 1.82) is 0 Å². The molecule has 3 N–H and O–H groups in total. The van der Waals surface area contributed by atoms with Crippen LogP contribution in [0.1, 0.15) is 19.3 Å². The fourth-order valence-electron chi connectivity index (χ4n) is 5.22. The highest BCUT2D eigenvalue weighted by Gasteiger charge is 2.65. The Balaban J connectivity index is 0.000000843. The molecule has 1 amide bonds. The number of hydrogen-bond acceptors (Lipinski definition) is 9. The Labute approximate surface area is 218 Å². The average Bonchev–Trinajstić information content (AvgIpc) is 3.84. The van der Waals surface area contributed by atoms with E-state index in [0.29, 0.717) is 22.9 Å². The molecule has 1 atom stereocenters. The number of hydrogen-bond donors (Lipinski definition) is 3. The van der Waals surface area contributed by atoms with Crippen molar-refractivity contribution >= 4 is 46.1 Å². The lowest BCUT2D eigenvalue weighted by Crippen LogP contribution is -2.36. The van der Waals surface area contributed by atoms with Crippen LogP contribution in [0.5, 0.6) is 0 Å². The summed E-state index contributed by atoms with van der Waals surface area (Å²) in [4.78, 5) is 37.2. The van der Waals surface area contributed by atoms with Gasteiger partial charge in [0.1, 0.15) is 11.6 Å². The van der Waals surface area contributed by atoms with E-state index < -0.39 is 0 Å². The van der Waals surface area contributed by atoms with E-state index in [9.17, 15) is 4.79 Å². The number of carbonyl (C=O) groups excluding carboxylic acids is 1. The molecule has 5 heterocycles. The van der Waals surface area contributed by atoms with Crippen LogP contribution in [0.4, 0.5) is 17.3 Å². The van der Waals surface area contributed by atoms with Crippen molar-refractivity contribution in [2.75, 3.05) is 48.9 Å². The summed E-state index contributed by atoms with van der Waals surface area (Å²) in [5.74, 6) is 2.03. The van der Waals surface area contributed by atoms with Crippen molar-refractivity contribution in [3.63, 3.8) is 0 Å². The molecule has 38 heavy (non-hydrogen) atoms. The van der Waals surface area contributed by atoms with Crippen LogP contribution in [0, 0.1) is 11.3 Å². The van der Waals surface area contributed by atoms with Crippen molar-refractivity contribution < 1.29 is 19.4 Å². The first-order chi connectivity index (χ1) is 18.5. The maximum Gasteiger partial charge on any atom is 0.290 e. The molecule has 0 radical (unpaired) electrons. The first-order valence-electron chi connectivity index (χ1n) is 12.6. The highest BCUT2D eigenvalue weighted by atomic mass is 16.5. The predicted molar refractivity (Wildman–Crippen MR) is 141 cm³/mol. The van der Waals surface area contributed by atoms with Crippen molar-refractivity contribution in [2.24, 2.45) is 11.3 Å². The maximum atomic E-state index is 12.7. The van der Waals surface area contributed by atoms with Gasteiger partial charge in [-0.2, -0.15) is 0 Å². The fraction of sp³-hybridized carbons (Fsp3) is 0.385. The number of nitrogens with zero attached hydrogens (tertiary/aromatic N) is 6. The van der Waals surface area contributed by atoms with Gasteiger partial charge in [-0.3, -0.25) is 9.59 Å². The molecule has 7 rings (SSSR count). The SMILES string of the molecule is CNc1ncc(-c2nc3ccc(N4CCOCC4)cn3n2)c2cc(NC(=O)[C@H]3CC34CC4)ncc12.O=CO. The molecule has 12 nitrogen and oxygen atoms in total. The van der Waals surface area contributed by atoms with Gasteiger partial charge in [-0.25, -0.2) is 19.5 Å². The van der Waals surface area contributed by atoms with Gasteiger partial charge in [-0.15, -0.1) is 5.10 Å². The topological polar surface area (TPSA) is 147 Å². The van der Waals surface area contributed by atoms with Gasteiger partial charge in [0.15, 0.2) is 11.5 Å². The minimum Gasteiger partial charge on any atom is -0.483 e. The fourth-order valence-corrected chi connectivity index (χ4v) is 5.22. The van der Waals surface area contributed by atoms with Gasteiger partial charge in [0.25, 0.3) is 6.47 Å². The van der Waals surface area contributed by atoms with Gasteiger partial charge in [0.2, 0.25) is 5.91 Å². The highest BCUT2D eigenvalue weighted by molar-refractivity contribution is 6.03. The van der Waals surface area contributed by atoms with Crippen molar-refractivity contribution in [3.8, 4) is 11.4 Å². The number of carboxylic acid groups (broad SMARTS) is 1. The van der Waals surface area contributed by atoms with Gasteiger partial charge in [0, 0.05) is 54.8 Å². The first kappa shape index (κ1) is 24.0. The quantitative estimate of drug-likeness (QED) is 0.338. The Bertz CT molecular complexity index is 1530. The molecule has 1 saturated heterocycles. The third kappa shape index (κ3) is 4.36. The number of fused-ring (bicyclic) bond motifs is 2. The van der Waals surface area contributed by atoms with E-state index in [1.54, 1.807) is 12.4 Å². The molecule has 0 aromatic carbocycles. The monoisotopic (exact) mass is 516 g/mol. The van der Waals surface area contributed by atoms with Crippen molar-refractivity contribution in [2.45, 2.75) is 19.3 Å². The number of rotatable bonds is 5. The molecular formula is C26H28N8O4. The number of ether oxygens (including phenoxy) is 1. The molecule has 2 saturated carbocycles. The van der Waals surface area contributed by atoms with Gasteiger partial charge in [0.05, 0.1) is 25.1 Å². The summed E-state index contributed by atoms with van der Waals surface area (Å²) >= 11 is 0. The van der Waals surface area contributed by atoms with E-state index in [2.05, 4.69) is 31.6 Å². The number of morpholine rings is 1. The van der Waals surface area contributed by atoms with E-state index >= 15 is 0 Å². The van der Waals surface area contributed by atoms with Crippen LogP contribution in [0.2, 0.25) is 0 Å². The molecule has 196 valence electrons. The zero-order valence-electron chi connectivity index (χ0n) is 20.9. The molecule has 1 aliphatic heterocycles. The third-order valence-corrected chi connectivity index (χ3v) is 7.59. The smallest absolute Gasteiger partial charge is 0.290 e. The Morgan fingerprint density at radius 1 is 1.18 bits per heavy atom. The predicted octanol–water partition coefficient (Wildman–Crippen LogP) is 2.66. The zero-order chi connectivity index (χ0) is 26.3. The van der Waals surface area contributed by atoms with Crippen LogP contribution in [0.25, 0.3) is 27.8 Å². The second-order valence-corrected chi connectivity index (χ2v) is 9.82. The summed E-state index contributed by atoms with van der Waals surface area (Å²) in [7, 11) is 1.83. The minimum atomic E-state index is -0.250. The number of anilines is 3. The summed E-state index contributed by atoms with van der Waals surface area (Å²) in [5.41, 5.74) is 2.94. The molecule has 12 heteroatoms. The first-order valence-corrected chi connectivity index (χ1v) is 12.6. The number of aromatic nitrogens is 5. The molecule has 1 spiro atoms. The van der Waals surface area contributed by atoms with Crippen LogP contribution >= 0.6 is 0 Å². The summed E-state index contributed by atoms with van der Waals surface area (Å²) in [6.07, 6.45) is 8.88. The summed E-state index contributed by atoms with van der Waals surface area (Å²) in [5, 5.41) is 19.6. The summed E-state index contributed by atoms with van der Waals surface area (Å²) in [6.45, 7) is 2.92. The standard InChI is InChI=1S/C25H26N8O2.CH2O2/c1-26-22-17-12-27-20(29-24(34)19-11-25(19)4-5-25)10-16(17)18(13-28-22)23-30-21-3-2-15(14-33(21)31-23)32-6-8-35-9-7-32;2-1-3/h2-3,10,12-14,19H,4-9,11H2,1H3,(H,26,28)(H,27,29,34);1H,(H,2,3)/t19-;/m1./s1. The zero-order valence-corrected chi connectivity index (χ0v) is 20.9. The molecule has 0 bridgehead atoms. The number of carbonyl (C=O) groups is 2. The van der Waals surface area contributed by atoms with Crippen LogP contribution in [-0.4, -0.2) is 75.4 Å². The van der Waals surface area contributed by atoms with Gasteiger partial charge in [-0.05, 0) is 42.9 Å². The Morgan fingerprint density at radius 2 is 1.97 bits per heavy atom. The molecule has 4 aromatic rings. The van der Waals surface area contributed by atoms with Crippen molar-refractivity contribution in [3.05, 3.63) is 36.8 Å². The Morgan fingerprint density at radius 3 is 2.68 bits per heavy atom. The number of nitrogens with one attached hydrogen (secondary N) is 2. The third-order valence-electron chi connectivity index (χ3n) is 7.59. The van der Waals surface area contributed by atoms with Crippen LogP contribution < -0.4 is 15.5 Å². The minimum absolute atomic E-state index is 0.0697. The maximum absolute atomic E-state index is 12.7. The van der Waals surface area contributed by atoms with E-state index in [4.69, 9.17) is 24.7 Å². The van der Waals surface area contributed by atoms with Crippen LogP contribution in [-0.2, 0) is 14.3 Å². The van der Waals surface area contributed by atoms with E-state index in [1.807, 2.05) is 29.9 Å². The second-order valence-electron chi connectivity index (χ2n) is 9.82. The average molecular weight is 517 g/mol. The van der Waals surface area contributed by atoms with Crippen LogP contribution in [0.3, 0.4) is 0 Å². The van der Waals surface area contributed by atoms with Crippen molar-refractivity contribution in [1.82, 2.24) is 24.6 Å². The van der Waals surface area contributed by atoms with Crippen LogP contribution in [0.15, 0.2) is 36.8 Å². The highest BCUT2D eigenvalue weighted by Crippen LogP contribution is 2.70. The van der Waals surface area contributed by atoms with Gasteiger partial charge >= 0.3 is 0 Å². The molecule has 3 fully saturated rings. The normalized spacial score (nSPS) is 19.1. The lowest BCUT2D eigenvalue weighted by molar-refractivity contribution is -0.123. The number of pyridine rings is 3. The molecule has 0 unspecified atom stereocenters. The summed E-state index contributed by atoms with van der Waals surface area (Å²) in [6, 6.07) is 5.95. The molecule has 3 aliphatic rings.